The molecule has 0 radical (unpaired) electrons. The molecule has 0 saturated heterocycles. The summed E-state index contributed by atoms with van der Waals surface area (Å²) in [6.07, 6.45) is -0.744. The highest BCUT2D eigenvalue weighted by Gasteiger charge is 2.19. The van der Waals surface area contributed by atoms with E-state index in [1.165, 1.54) is 0 Å². The molecule has 0 unspecified atom stereocenters. The van der Waals surface area contributed by atoms with Crippen molar-refractivity contribution in [2.45, 2.75) is 45.4 Å². The number of nitrogens with one attached hydrogen (secondary N) is 1. The van der Waals surface area contributed by atoms with Crippen LogP contribution in [0.2, 0.25) is 0 Å². The molecule has 0 aliphatic heterocycles. The summed E-state index contributed by atoms with van der Waals surface area (Å²) in [6, 6.07) is 16.9. The third-order valence-corrected chi connectivity index (χ3v) is 3.85. The average molecular weight is 327 g/mol. The molecule has 0 saturated carbocycles. The van der Waals surface area contributed by atoms with Crippen molar-refractivity contribution in [1.29, 1.82) is 0 Å². The molecule has 0 aliphatic rings. The molecule has 1 amide bonds. The third-order valence-electron chi connectivity index (χ3n) is 3.85. The van der Waals surface area contributed by atoms with Crippen molar-refractivity contribution in [1.82, 2.24) is 5.32 Å². The van der Waals surface area contributed by atoms with Gasteiger partial charge in [0.2, 0.25) is 0 Å². The van der Waals surface area contributed by atoms with Crippen molar-refractivity contribution in [3.8, 4) is 5.75 Å². The van der Waals surface area contributed by atoms with E-state index in [4.69, 9.17) is 4.74 Å². The van der Waals surface area contributed by atoms with Gasteiger partial charge in [-0.1, -0.05) is 48.0 Å². The Hall–Kier alpha value is -2.33. The van der Waals surface area contributed by atoms with Gasteiger partial charge in [-0.2, -0.15) is 0 Å². The average Bonchev–Trinajstić information content (AvgIpc) is 2.57. The highest BCUT2D eigenvalue weighted by Crippen LogP contribution is 2.18. The Morgan fingerprint density at radius 3 is 2.33 bits per heavy atom. The predicted molar refractivity (Wildman–Crippen MR) is 94.9 cm³/mol. The van der Waals surface area contributed by atoms with E-state index in [1.807, 2.05) is 68.4 Å². The Morgan fingerprint density at radius 2 is 1.71 bits per heavy atom. The first kappa shape index (κ1) is 18.0. The van der Waals surface area contributed by atoms with Crippen LogP contribution in [0, 0.1) is 6.92 Å². The maximum absolute atomic E-state index is 12.2. The van der Waals surface area contributed by atoms with Gasteiger partial charge in [-0.15, -0.1) is 0 Å². The van der Waals surface area contributed by atoms with E-state index in [0.717, 1.165) is 11.1 Å². The number of carbonyl (C=O) groups excluding carboxylic acids is 1. The maximum Gasteiger partial charge on any atom is 0.260 e. The molecule has 128 valence electrons. The van der Waals surface area contributed by atoms with Gasteiger partial charge < -0.3 is 15.2 Å². The van der Waals surface area contributed by atoms with Crippen LogP contribution in [0.15, 0.2) is 54.6 Å². The predicted octanol–water partition coefficient (Wildman–Crippen LogP) is 3.39. The molecule has 24 heavy (non-hydrogen) atoms. The van der Waals surface area contributed by atoms with Crippen LogP contribution in [0.25, 0.3) is 0 Å². The summed E-state index contributed by atoms with van der Waals surface area (Å²) in [7, 11) is 0. The summed E-state index contributed by atoms with van der Waals surface area (Å²) >= 11 is 0. The van der Waals surface area contributed by atoms with E-state index >= 15 is 0 Å². The standard InChI is InChI=1S/C20H25NO3/c1-14-9-11-18(12-10-14)24-16(3)20(23)21-15(2)13-19(22)17-7-5-4-6-8-17/h4-12,15-16,19,22H,13H2,1-3H3,(H,21,23)/t15-,16+,19+/m0/s1. The molecular formula is C20H25NO3. The summed E-state index contributed by atoms with van der Waals surface area (Å²) in [5.74, 6) is 0.476. The van der Waals surface area contributed by atoms with Crippen LogP contribution >= 0.6 is 0 Å². The first-order chi connectivity index (χ1) is 11.5. The number of aliphatic hydroxyl groups excluding tert-OH is 1. The SMILES string of the molecule is Cc1ccc(O[C@H](C)C(=O)N[C@@H](C)C[C@@H](O)c2ccccc2)cc1. The van der Waals surface area contributed by atoms with Gasteiger partial charge in [-0.25, -0.2) is 0 Å². The zero-order valence-corrected chi connectivity index (χ0v) is 14.4. The summed E-state index contributed by atoms with van der Waals surface area (Å²) in [5, 5.41) is 13.1. The quantitative estimate of drug-likeness (QED) is 0.819. The highest BCUT2D eigenvalue weighted by molar-refractivity contribution is 5.80. The lowest BCUT2D eigenvalue weighted by Gasteiger charge is -2.21. The Kier molecular flexibility index (Phi) is 6.38. The van der Waals surface area contributed by atoms with E-state index in [1.54, 1.807) is 6.92 Å². The van der Waals surface area contributed by atoms with Gasteiger partial charge in [-0.3, -0.25) is 4.79 Å². The fourth-order valence-electron chi connectivity index (χ4n) is 2.44. The number of benzene rings is 2. The second-order valence-electron chi connectivity index (χ2n) is 6.14. The molecule has 2 N–H and O–H groups in total. The Labute approximate surface area is 143 Å². The Balaban J connectivity index is 1.83. The number of ether oxygens (including phenoxy) is 1. The van der Waals surface area contributed by atoms with Crippen molar-refractivity contribution in [3.05, 3.63) is 65.7 Å². The van der Waals surface area contributed by atoms with Crippen molar-refractivity contribution in [3.63, 3.8) is 0 Å². The minimum atomic E-state index is -0.602. The molecule has 2 rings (SSSR count). The highest BCUT2D eigenvalue weighted by atomic mass is 16.5. The largest absolute Gasteiger partial charge is 0.481 e. The molecule has 2 aromatic rings. The van der Waals surface area contributed by atoms with Gasteiger partial charge in [0.25, 0.3) is 5.91 Å². The maximum atomic E-state index is 12.2. The van der Waals surface area contributed by atoms with Crippen LogP contribution in [0.4, 0.5) is 0 Å². The topological polar surface area (TPSA) is 58.6 Å². The smallest absolute Gasteiger partial charge is 0.260 e. The fraction of sp³-hybridized carbons (Fsp3) is 0.350. The van der Waals surface area contributed by atoms with Crippen LogP contribution in [-0.2, 0) is 4.79 Å². The minimum Gasteiger partial charge on any atom is -0.481 e. The summed E-state index contributed by atoms with van der Waals surface area (Å²) in [6.45, 7) is 5.60. The number of hydrogen-bond acceptors (Lipinski definition) is 3. The van der Waals surface area contributed by atoms with Crippen molar-refractivity contribution in [2.75, 3.05) is 0 Å². The number of aryl methyl sites for hydroxylation is 1. The van der Waals surface area contributed by atoms with Gasteiger partial charge in [0, 0.05) is 6.04 Å². The molecule has 0 heterocycles. The Morgan fingerprint density at radius 1 is 1.08 bits per heavy atom. The lowest BCUT2D eigenvalue weighted by molar-refractivity contribution is -0.128. The van der Waals surface area contributed by atoms with Crippen LogP contribution < -0.4 is 10.1 Å². The van der Waals surface area contributed by atoms with Gasteiger partial charge in [0.1, 0.15) is 5.75 Å². The summed E-state index contributed by atoms with van der Waals surface area (Å²) in [5.41, 5.74) is 1.99. The van der Waals surface area contributed by atoms with Crippen molar-refractivity contribution in [2.24, 2.45) is 0 Å². The summed E-state index contributed by atoms with van der Waals surface area (Å²) in [4.78, 5) is 12.2. The van der Waals surface area contributed by atoms with E-state index < -0.39 is 12.2 Å². The lowest BCUT2D eigenvalue weighted by atomic mass is 10.0. The molecule has 3 atom stereocenters. The van der Waals surface area contributed by atoms with Crippen LogP contribution in [0.5, 0.6) is 5.75 Å². The molecule has 4 heteroatoms. The van der Waals surface area contributed by atoms with E-state index in [9.17, 15) is 9.90 Å². The number of hydrogen-bond donors (Lipinski definition) is 2. The molecule has 0 aliphatic carbocycles. The monoisotopic (exact) mass is 327 g/mol. The normalized spacial score (nSPS) is 14.5. The Bertz CT molecular complexity index is 640. The van der Waals surface area contributed by atoms with E-state index in [2.05, 4.69) is 5.32 Å². The van der Waals surface area contributed by atoms with Crippen molar-refractivity contribution >= 4 is 5.91 Å². The molecule has 0 fully saturated rings. The lowest BCUT2D eigenvalue weighted by Crippen LogP contribution is -2.41. The minimum absolute atomic E-state index is 0.156. The number of aliphatic hydroxyl groups is 1. The van der Waals surface area contributed by atoms with Gasteiger partial charge in [-0.05, 0) is 44.9 Å². The second-order valence-corrected chi connectivity index (χ2v) is 6.14. The number of rotatable bonds is 7. The van der Waals surface area contributed by atoms with Crippen LogP contribution in [0.3, 0.4) is 0 Å². The zero-order chi connectivity index (χ0) is 17.5. The second kappa shape index (κ2) is 8.50. The van der Waals surface area contributed by atoms with E-state index in [0.29, 0.717) is 12.2 Å². The van der Waals surface area contributed by atoms with Crippen LogP contribution in [-0.4, -0.2) is 23.2 Å². The molecule has 4 nitrogen and oxygen atoms in total. The fourth-order valence-corrected chi connectivity index (χ4v) is 2.44. The molecular weight excluding hydrogens is 302 g/mol. The zero-order valence-electron chi connectivity index (χ0n) is 14.4. The number of amides is 1. The van der Waals surface area contributed by atoms with E-state index in [-0.39, 0.29) is 11.9 Å². The van der Waals surface area contributed by atoms with Gasteiger partial charge in [0.05, 0.1) is 6.10 Å². The molecule has 0 aromatic heterocycles. The first-order valence-corrected chi connectivity index (χ1v) is 8.22. The first-order valence-electron chi connectivity index (χ1n) is 8.22. The van der Waals surface area contributed by atoms with Gasteiger partial charge >= 0.3 is 0 Å². The van der Waals surface area contributed by atoms with Gasteiger partial charge in [0.15, 0.2) is 6.10 Å². The molecule has 2 aromatic carbocycles. The third kappa shape index (κ3) is 5.39. The van der Waals surface area contributed by atoms with Crippen molar-refractivity contribution < 1.29 is 14.6 Å². The molecule has 0 spiro atoms. The number of carbonyl (C=O) groups is 1. The summed E-state index contributed by atoms with van der Waals surface area (Å²) < 4.78 is 5.65. The molecule has 0 bridgehead atoms. The van der Waals surface area contributed by atoms with Crippen LogP contribution in [0.1, 0.15) is 37.5 Å².